The number of benzene rings is 1. The van der Waals surface area contributed by atoms with E-state index in [0.717, 1.165) is 12.2 Å². The quantitative estimate of drug-likeness (QED) is 0.691. The monoisotopic (exact) mass is 206 g/mol. The third-order valence-electron chi connectivity index (χ3n) is 1.81. The Hall–Kier alpha value is -0.786. The van der Waals surface area contributed by atoms with Gasteiger partial charge in [0.25, 0.3) is 0 Å². The van der Waals surface area contributed by atoms with E-state index in [-0.39, 0.29) is 0 Å². The first kappa shape index (κ1) is 8.80. The molecule has 1 aromatic carbocycles. The third-order valence-corrected chi connectivity index (χ3v) is 3.33. The van der Waals surface area contributed by atoms with Gasteiger partial charge in [0.1, 0.15) is 0 Å². The normalized spacial score (nSPS) is 14.0. The molecule has 0 aliphatic heterocycles. The van der Waals surface area contributed by atoms with Crippen molar-refractivity contribution in [1.29, 1.82) is 0 Å². The SMILES string of the molecule is C1=CC[C]([Ti][O]c2ccccc2)=C1. The van der Waals surface area contributed by atoms with Crippen LogP contribution in [-0.2, 0) is 19.5 Å². The van der Waals surface area contributed by atoms with Crippen LogP contribution in [0.2, 0.25) is 0 Å². The molecule has 1 nitrogen and oxygen atoms in total. The van der Waals surface area contributed by atoms with Crippen molar-refractivity contribution >= 4 is 0 Å². The van der Waals surface area contributed by atoms with Crippen LogP contribution in [0.15, 0.2) is 52.4 Å². The fourth-order valence-corrected chi connectivity index (χ4v) is 2.31. The summed E-state index contributed by atoms with van der Waals surface area (Å²) in [4.78, 5) is 0. The minimum absolute atomic E-state index is 0.390. The summed E-state index contributed by atoms with van der Waals surface area (Å²) in [6, 6.07) is 10.0. The molecule has 0 N–H and O–H groups in total. The molecule has 1 aliphatic carbocycles. The van der Waals surface area contributed by atoms with Gasteiger partial charge in [-0.2, -0.15) is 0 Å². The Labute approximate surface area is 87.5 Å². The summed E-state index contributed by atoms with van der Waals surface area (Å²) >= 11 is -0.390. The van der Waals surface area contributed by atoms with Crippen molar-refractivity contribution in [3.05, 3.63) is 52.4 Å². The molecule has 0 amide bonds. The number of hydrogen-bond acceptors (Lipinski definition) is 1. The summed E-state index contributed by atoms with van der Waals surface area (Å²) in [6.07, 6.45) is 7.54. The van der Waals surface area contributed by atoms with Crippen molar-refractivity contribution in [1.82, 2.24) is 0 Å². The van der Waals surface area contributed by atoms with Gasteiger partial charge in [0, 0.05) is 0 Å². The number of allylic oxidation sites excluding steroid dienone is 4. The summed E-state index contributed by atoms with van der Waals surface area (Å²) in [5.41, 5.74) is 0. The van der Waals surface area contributed by atoms with Gasteiger partial charge in [-0.25, -0.2) is 0 Å². The van der Waals surface area contributed by atoms with Crippen LogP contribution >= 0.6 is 0 Å². The molecular weight excluding hydrogens is 196 g/mol. The van der Waals surface area contributed by atoms with E-state index in [9.17, 15) is 0 Å². The van der Waals surface area contributed by atoms with Crippen LogP contribution in [0.25, 0.3) is 0 Å². The standard InChI is InChI=1S/C6H6O.C5H5.Ti/c7-6-4-2-1-3-5-6;1-2-4-5-3-1;/h1-5,7H;1-3H,4H2;/q;;+1/p-1. The molecule has 0 saturated heterocycles. The molecule has 1 aromatic rings. The van der Waals surface area contributed by atoms with Crippen LogP contribution in [0, 0.1) is 0 Å². The molecule has 0 atom stereocenters. The van der Waals surface area contributed by atoms with Gasteiger partial charge in [0.2, 0.25) is 0 Å². The van der Waals surface area contributed by atoms with E-state index in [1.165, 1.54) is 3.88 Å². The van der Waals surface area contributed by atoms with Crippen LogP contribution in [-0.4, -0.2) is 0 Å². The van der Waals surface area contributed by atoms with Crippen LogP contribution in [0.1, 0.15) is 6.42 Å². The molecule has 0 heterocycles. The predicted octanol–water partition coefficient (Wildman–Crippen LogP) is 2.91. The fourth-order valence-electron chi connectivity index (χ4n) is 1.14. The molecule has 0 bridgehead atoms. The predicted molar refractivity (Wildman–Crippen MR) is 48.9 cm³/mol. The average Bonchev–Trinajstić information content (AvgIpc) is 2.69. The van der Waals surface area contributed by atoms with Crippen LogP contribution in [0.4, 0.5) is 0 Å². The molecule has 0 spiro atoms. The number of hydrogen-bond donors (Lipinski definition) is 0. The van der Waals surface area contributed by atoms with Crippen LogP contribution < -0.4 is 3.32 Å². The second-order valence-corrected chi connectivity index (χ2v) is 4.48. The summed E-state index contributed by atoms with van der Waals surface area (Å²) < 4.78 is 7.17. The van der Waals surface area contributed by atoms with Crippen LogP contribution in [0.3, 0.4) is 0 Å². The van der Waals surface area contributed by atoms with Gasteiger partial charge < -0.3 is 0 Å². The van der Waals surface area contributed by atoms with Crippen molar-refractivity contribution in [3.8, 4) is 5.75 Å². The first-order chi connectivity index (χ1) is 6.45. The Morgan fingerprint density at radius 2 is 2.00 bits per heavy atom. The molecule has 1 aliphatic rings. The van der Waals surface area contributed by atoms with Crippen molar-refractivity contribution in [2.45, 2.75) is 6.42 Å². The molecule has 0 aromatic heterocycles. The minimum atomic E-state index is -0.390. The molecular formula is C11H10OTi. The molecule has 2 heteroatoms. The summed E-state index contributed by atoms with van der Waals surface area (Å²) in [7, 11) is 0. The van der Waals surface area contributed by atoms with E-state index >= 15 is 0 Å². The fraction of sp³-hybridized carbons (Fsp3) is 0.0909. The van der Waals surface area contributed by atoms with Gasteiger partial charge in [0.15, 0.2) is 0 Å². The topological polar surface area (TPSA) is 9.23 Å². The Morgan fingerprint density at radius 3 is 2.69 bits per heavy atom. The van der Waals surface area contributed by atoms with Gasteiger partial charge in [-0.15, -0.1) is 0 Å². The van der Waals surface area contributed by atoms with Crippen molar-refractivity contribution in [3.63, 3.8) is 0 Å². The zero-order valence-corrected chi connectivity index (χ0v) is 8.80. The Kier molecular flexibility index (Phi) is 3.01. The van der Waals surface area contributed by atoms with E-state index < -0.39 is 19.5 Å². The first-order valence-corrected chi connectivity index (χ1v) is 5.70. The Balaban J connectivity index is 1.87. The Bertz CT molecular complexity index is 327. The average molecular weight is 206 g/mol. The molecule has 0 radical (unpaired) electrons. The summed E-state index contributed by atoms with van der Waals surface area (Å²) in [5.74, 6) is 0.996. The number of para-hydroxylation sites is 1. The third kappa shape index (κ3) is 2.58. The van der Waals surface area contributed by atoms with Gasteiger partial charge in [-0.3, -0.25) is 0 Å². The zero-order valence-electron chi connectivity index (χ0n) is 7.23. The van der Waals surface area contributed by atoms with E-state index in [1.807, 2.05) is 30.3 Å². The van der Waals surface area contributed by atoms with Gasteiger partial charge in [-0.05, 0) is 0 Å². The van der Waals surface area contributed by atoms with Crippen molar-refractivity contribution in [2.24, 2.45) is 0 Å². The van der Waals surface area contributed by atoms with Crippen LogP contribution in [0.5, 0.6) is 5.75 Å². The van der Waals surface area contributed by atoms with E-state index in [4.69, 9.17) is 3.32 Å². The second-order valence-electron chi connectivity index (χ2n) is 2.84. The van der Waals surface area contributed by atoms with E-state index in [1.54, 1.807) is 0 Å². The van der Waals surface area contributed by atoms with E-state index in [2.05, 4.69) is 18.2 Å². The molecule has 2 rings (SSSR count). The first-order valence-electron chi connectivity index (χ1n) is 4.29. The zero-order chi connectivity index (χ0) is 8.93. The molecule has 13 heavy (non-hydrogen) atoms. The number of rotatable bonds is 3. The molecule has 0 saturated carbocycles. The van der Waals surface area contributed by atoms with Gasteiger partial charge in [0.05, 0.1) is 0 Å². The maximum absolute atomic E-state index is 5.71. The maximum atomic E-state index is 5.71. The van der Waals surface area contributed by atoms with Crippen molar-refractivity contribution in [2.75, 3.05) is 0 Å². The second kappa shape index (κ2) is 4.45. The van der Waals surface area contributed by atoms with E-state index in [0.29, 0.717) is 0 Å². The summed E-state index contributed by atoms with van der Waals surface area (Å²) in [5, 5.41) is 0. The molecule has 0 unspecified atom stereocenters. The summed E-state index contributed by atoms with van der Waals surface area (Å²) in [6.45, 7) is 0. The Morgan fingerprint density at radius 1 is 1.15 bits per heavy atom. The van der Waals surface area contributed by atoms with Gasteiger partial charge >= 0.3 is 87.5 Å². The van der Waals surface area contributed by atoms with Crippen molar-refractivity contribution < 1.29 is 22.9 Å². The molecule has 0 fully saturated rings. The molecule has 64 valence electrons. The van der Waals surface area contributed by atoms with Gasteiger partial charge in [-0.1, -0.05) is 0 Å².